The summed E-state index contributed by atoms with van der Waals surface area (Å²) in [6.45, 7) is 0.154. The van der Waals surface area contributed by atoms with E-state index in [9.17, 15) is 17.1 Å². The summed E-state index contributed by atoms with van der Waals surface area (Å²) in [5.74, 6) is -0.349. The summed E-state index contributed by atoms with van der Waals surface area (Å²) in [5.41, 5.74) is 0.833. The fourth-order valence-electron chi connectivity index (χ4n) is 1.95. The van der Waals surface area contributed by atoms with E-state index in [-0.39, 0.29) is 25.4 Å². The average Bonchev–Trinajstić information content (AvgIpc) is 2.65. The van der Waals surface area contributed by atoms with Crippen LogP contribution in [0.15, 0.2) is 27.1 Å². The molecule has 2 rings (SSSR count). The third-order valence-corrected chi connectivity index (χ3v) is 5.33. The Morgan fingerprint density at radius 2 is 2.05 bits per heavy atom. The molecule has 0 saturated carbocycles. The van der Waals surface area contributed by atoms with Crippen LogP contribution in [0, 0.1) is 0 Å². The molecule has 0 aromatic heterocycles. The lowest BCUT2D eigenvalue weighted by Crippen LogP contribution is -2.27. The van der Waals surface area contributed by atoms with Crippen molar-refractivity contribution in [2.75, 3.05) is 6.54 Å². The smallest absolute Gasteiger partial charge is 0.307 e. The molecule has 0 N–H and O–H groups in total. The quantitative estimate of drug-likeness (QED) is 0.714. The Kier molecular flexibility index (Phi) is 4.32. The van der Waals surface area contributed by atoms with Crippen molar-refractivity contribution in [2.24, 2.45) is 0 Å². The monoisotopic (exact) mass is 413 g/mol. The van der Waals surface area contributed by atoms with Gasteiger partial charge in [0.2, 0.25) is 5.91 Å². The molecule has 1 unspecified atom stereocenters. The van der Waals surface area contributed by atoms with Gasteiger partial charge >= 0.3 is 10.2 Å². The van der Waals surface area contributed by atoms with E-state index in [2.05, 4.69) is 31.9 Å². The van der Waals surface area contributed by atoms with Crippen LogP contribution in [0.2, 0.25) is 0 Å². The van der Waals surface area contributed by atoms with Gasteiger partial charge in [-0.15, -0.1) is 3.89 Å². The summed E-state index contributed by atoms with van der Waals surface area (Å²) in [5, 5.41) is -1.24. The molecule has 19 heavy (non-hydrogen) atoms. The third-order valence-electron chi connectivity index (χ3n) is 2.95. The van der Waals surface area contributed by atoms with Gasteiger partial charge in [0.15, 0.2) is 0 Å². The second kappa shape index (κ2) is 5.49. The number of carbonyl (C=O) groups excluding carboxylic acids is 1. The van der Waals surface area contributed by atoms with Crippen LogP contribution in [-0.2, 0) is 21.6 Å². The first kappa shape index (κ1) is 14.9. The van der Waals surface area contributed by atoms with Gasteiger partial charge in [-0.25, -0.2) is 0 Å². The Hall–Kier alpha value is -0.470. The summed E-state index contributed by atoms with van der Waals surface area (Å²) < 4.78 is 36.2. The number of rotatable bonds is 3. The van der Waals surface area contributed by atoms with Crippen LogP contribution in [0.1, 0.15) is 12.0 Å². The molecule has 1 aromatic rings. The number of carbonyl (C=O) groups is 1. The van der Waals surface area contributed by atoms with Gasteiger partial charge in [0.05, 0.1) is 0 Å². The molecule has 1 fully saturated rings. The van der Waals surface area contributed by atoms with Crippen LogP contribution < -0.4 is 0 Å². The second-order valence-corrected chi connectivity index (χ2v) is 7.70. The van der Waals surface area contributed by atoms with Crippen molar-refractivity contribution in [3.05, 3.63) is 32.7 Å². The van der Waals surface area contributed by atoms with Crippen molar-refractivity contribution in [1.82, 2.24) is 4.90 Å². The van der Waals surface area contributed by atoms with Gasteiger partial charge in [-0.2, -0.15) is 8.42 Å². The molecular formula is C11H10Br2FNO3S. The van der Waals surface area contributed by atoms with Gasteiger partial charge in [0, 0.05) is 28.5 Å². The van der Waals surface area contributed by atoms with E-state index in [0.717, 1.165) is 14.5 Å². The molecule has 104 valence electrons. The molecule has 1 amide bonds. The molecule has 1 aliphatic heterocycles. The average molecular weight is 415 g/mol. The van der Waals surface area contributed by atoms with E-state index in [1.54, 1.807) is 0 Å². The maximum Gasteiger partial charge on any atom is 0.307 e. The van der Waals surface area contributed by atoms with Gasteiger partial charge in [-0.3, -0.25) is 4.79 Å². The highest BCUT2D eigenvalue weighted by Gasteiger charge is 2.38. The van der Waals surface area contributed by atoms with Gasteiger partial charge in [0.25, 0.3) is 0 Å². The number of nitrogens with zero attached hydrogens (tertiary/aromatic N) is 1. The molecule has 0 spiro atoms. The van der Waals surface area contributed by atoms with E-state index in [4.69, 9.17) is 0 Å². The molecular weight excluding hydrogens is 405 g/mol. The predicted octanol–water partition coefficient (Wildman–Crippen LogP) is 2.61. The van der Waals surface area contributed by atoms with E-state index >= 15 is 0 Å². The van der Waals surface area contributed by atoms with Crippen molar-refractivity contribution in [1.29, 1.82) is 0 Å². The van der Waals surface area contributed by atoms with Crippen molar-refractivity contribution >= 4 is 48.0 Å². The zero-order valence-corrected chi connectivity index (χ0v) is 13.6. The molecule has 8 heteroatoms. The number of amides is 1. The van der Waals surface area contributed by atoms with Gasteiger partial charge in [0.1, 0.15) is 5.25 Å². The van der Waals surface area contributed by atoms with E-state index in [0.29, 0.717) is 0 Å². The maximum absolute atomic E-state index is 12.9. The molecule has 0 radical (unpaired) electrons. The molecule has 1 heterocycles. The lowest BCUT2D eigenvalue weighted by molar-refractivity contribution is -0.128. The second-order valence-electron chi connectivity index (χ2n) is 4.31. The maximum atomic E-state index is 12.9. The Labute approximate surface area is 127 Å². The first-order chi connectivity index (χ1) is 8.77. The first-order valence-corrected chi connectivity index (χ1v) is 8.46. The molecule has 1 atom stereocenters. The highest BCUT2D eigenvalue weighted by atomic mass is 79.9. The van der Waals surface area contributed by atoms with Gasteiger partial charge in [-0.05, 0) is 23.8 Å². The van der Waals surface area contributed by atoms with Crippen LogP contribution >= 0.6 is 31.9 Å². The summed E-state index contributed by atoms with van der Waals surface area (Å²) >= 11 is 6.69. The summed E-state index contributed by atoms with van der Waals surface area (Å²) in [6.07, 6.45) is -0.287. The minimum Gasteiger partial charge on any atom is -0.337 e. The molecule has 1 aromatic carbocycles. The van der Waals surface area contributed by atoms with E-state index in [1.807, 2.05) is 18.2 Å². The fraction of sp³-hybridized carbons (Fsp3) is 0.364. The summed E-state index contributed by atoms with van der Waals surface area (Å²) in [7, 11) is -4.66. The Morgan fingerprint density at radius 3 is 2.63 bits per heavy atom. The van der Waals surface area contributed by atoms with Crippen molar-refractivity contribution in [3.8, 4) is 0 Å². The SMILES string of the molecule is O=C1CC(S(=O)(=O)F)CN1Cc1cc(Br)ccc1Br. The number of benzene rings is 1. The minimum atomic E-state index is -4.66. The van der Waals surface area contributed by atoms with Crippen LogP contribution in [0.5, 0.6) is 0 Å². The van der Waals surface area contributed by atoms with Crippen LogP contribution in [-0.4, -0.2) is 31.0 Å². The predicted molar refractivity (Wildman–Crippen MR) is 75.7 cm³/mol. The largest absolute Gasteiger partial charge is 0.337 e. The Bertz CT molecular complexity index is 620. The number of likely N-dealkylation sites (tertiary alicyclic amines) is 1. The zero-order valence-electron chi connectivity index (χ0n) is 9.64. The Balaban J connectivity index is 2.16. The van der Waals surface area contributed by atoms with Crippen molar-refractivity contribution in [3.63, 3.8) is 0 Å². The van der Waals surface area contributed by atoms with Crippen LogP contribution in [0.3, 0.4) is 0 Å². The topological polar surface area (TPSA) is 54.5 Å². The number of hydrogen-bond acceptors (Lipinski definition) is 3. The first-order valence-electron chi connectivity index (χ1n) is 5.42. The molecule has 0 aliphatic carbocycles. The normalized spacial score (nSPS) is 20.1. The number of halogens is 3. The third kappa shape index (κ3) is 3.55. The van der Waals surface area contributed by atoms with Crippen molar-refractivity contribution < 1.29 is 17.1 Å². The zero-order chi connectivity index (χ0) is 14.2. The minimum absolute atomic E-state index is 0.101. The molecule has 1 saturated heterocycles. The lowest BCUT2D eigenvalue weighted by Gasteiger charge is -2.17. The van der Waals surface area contributed by atoms with Crippen LogP contribution in [0.4, 0.5) is 3.89 Å². The summed E-state index contributed by atoms with van der Waals surface area (Å²) in [4.78, 5) is 13.1. The lowest BCUT2D eigenvalue weighted by atomic mass is 10.2. The molecule has 1 aliphatic rings. The molecule has 0 bridgehead atoms. The highest BCUT2D eigenvalue weighted by Crippen LogP contribution is 2.26. The van der Waals surface area contributed by atoms with Gasteiger partial charge in [-0.1, -0.05) is 31.9 Å². The number of hydrogen-bond donors (Lipinski definition) is 0. The fourth-order valence-corrected chi connectivity index (χ4v) is 3.43. The molecule has 4 nitrogen and oxygen atoms in total. The van der Waals surface area contributed by atoms with Gasteiger partial charge < -0.3 is 4.90 Å². The van der Waals surface area contributed by atoms with E-state index < -0.39 is 15.5 Å². The van der Waals surface area contributed by atoms with E-state index in [1.165, 1.54) is 4.90 Å². The summed E-state index contributed by atoms with van der Waals surface area (Å²) in [6, 6.07) is 5.49. The van der Waals surface area contributed by atoms with Crippen LogP contribution in [0.25, 0.3) is 0 Å². The Morgan fingerprint density at radius 1 is 1.37 bits per heavy atom. The standard InChI is InChI=1S/C11H10Br2FNO3S/c12-8-1-2-10(13)7(3-8)5-15-6-9(4-11(15)16)19(14,17)18/h1-3,9H,4-6H2. The highest BCUT2D eigenvalue weighted by molar-refractivity contribution is 9.11. The van der Waals surface area contributed by atoms with Crippen molar-refractivity contribution in [2.45, 2.75) is 18.2 Å².